The van der Waals surface area contributed by atoms with E-state index in [1.807, 2.05) is 20.3 Å². The van der Waals surface area contributed by atoms with Gasteiger partial charge < -0.3 is 20.3 Å². The van der Waals surface area contributed by atoms with Crippen molar-refractivity contribution in [3.63, 3.8) is 0 Å². The number of rotatable bonds is 3. The molecule has 0 aromatic rings. The molecule has 1 fully saturated rings. The lowest BCUT2D eigenvalue weighted by Gasteiger charge is -2.30. The normalized spacial score (nSPS) is 19.2. The molecule has 0 bridgehead atoms. The fourth-order valence-corrected chi connectivity index (χ4v) is 1.26. The summed E-state index contributed by atoms with van der Waals surface area (Å²) in [5.74, 6) is 1.13. The van der Waals surface area contributed by atoms with E-state index in [2.05, 4.69) is 15.5 Å². The molecule has 0 amide bonds. The Bertz CT molecular complexity index is 152. The predicted molar refractivity (Wildman–Crippen MR) is 48.6 cm³/mol. The van der Waals surface area contributed by atoms with E-state index in [0.717, 1.165) is 32.1 Å². The standard InChI is InChI=1S/C8H17N3O/c1-9-7-8(10-2)11-3-5-12-6-4-11/h7,9-10H,3-6H2,1-2H3/b8-7+. The van der Waals surface area contributed by atoms with Crippen molar-refractivity contribution in [3.05, 3.63) is 12.0 Å². The van der Waals surface area contributed by atoms with Gasteiger partial charge in [-0.3, -0.25) is 0 Å². The fourth-order valence-electron chi connectivity index (χ4n) is 1.26. The van der Waals surface area contributed by atoms with Gasteiger partial charge in [-0.15, -0.1) is 0 Å². The molecule has 0 spiro atoms. The van der Waals surface area contributed by atoms with Crippen LogP contribution in [0.5, 0.6) is 0 Å². The smallest absolute Gasteiger partial charge is 0.117 e. The van der Waals surface area contributed by atoms with Gasteiger partial charge in [-0.25, -0.2) is 0 Å². The summed E-state index contributed by atoms with van der Waals surface area (Å²) in [5, 5.41) is 6.15. The lowest BCUT2D eigenvalue weighted by Crippen LogP contribution is -2.39. The zero-order valence-electron chi connectivity index (χ0n) is 7.76. The Hall–Kier alpha value is -0.900. The summed E-state index contributed by atoms with van der Waals surface area (Å²) < 4.78 is 5.26. The molecule has 0 aromatic heterocycles. The SMILES string of the molecule is CN/C=C(\NC)N1CCOCC1. The molecule has 70 valence electrons. The molecule has 0 aromatic carbocycles. The Balaban J connectivity index is 2.46. The van der Waals surface area contributed by atoms with E-state index < -0.39 is 0 Å². The second-order valence-corrected chi connectivity index (χ2v) is 2.67. The first-order valence-corrected chi connectivity index (χ1v) is 4.26. The van der Waals surface area contributed by atoms with Gasteiger partial charge in [0, 0.05) is 33.4 Å². The van der Waals surface area contributed by atoms with Crippen LogP contribution in [0.25, 0.3) is 0 Å². The Morgan fingerprint density at radius 3 is 2.50 bits per heavy atom. The molecule has 0 unspecified atom stereocenters. The summed E-state index contributed by atoms with van der Waals surface area (Å²) in [5.41, 5.74) is 0. The van der Waals surface area contributed by atoms with Crippen LogP contribution in [0.2, 0.25) is 0 Å². The second-order valence-electron chi connectivity index (χ2n) is 2.67. The first kappa shape index (κ1) is 9.19. The lowest BCUT2D eigenvalue weighted by molar-refractivity contribution is 0.0506. The lowest BCUT2D eigenvalue weighted by atomic mass is 10.4. The third-order valence-corrected chi connectivity index (χ3v) is 1.89. The van der Waals surface area contributed by atoms with Crippen LogP contribution in [0.3, 0.4) is 0 Å². The highest BCUT2D eigenvalue weighted by atomic mass is 16.5. The van der Waals surface area contributed by atoms with Crippen LogP contribution >= 0.6 is 0 Å². The maximum atomic E-state index is 5.26. The third kappa shape index (κ3) is 2.30. The van der Waals surface area contributed by atoms with Gasteiger partial charge in [-0.2, -0.15) is 0 Å². The molecule has 1 heterocycles. The van der Waals surface area contributed by atoms with Crippen LogP contribution in [0.15, 0.2) is 12.0 Å². The van der Waals surface area contributed by atoms with Gasteiger partial charge >= 0.3 is 0 Å². The summed E-state index contributed by atoms with van der Waals surface area (Å²) in [4.78, 5) is 2.26. The molecule has 1 saturated heterocycles. The average molecular weight is 171 g/mol. The van der Waals surface area contributed by atoms with Gasteiger partial charge in [-0.1, -0.05) is 0 Å². The molecule has 0 saturated carbocycles. The number of ether oxygens (including phenoxy) is 1. The predicted octanol–water partition coefficient (Wildman–Crippen LogP) is -0.444. The monoisotopic (exact) mass is 171 g/mol. The van der Waals surface area contributed by atoms with Crippen molar-refractivity contribution in [2.24, 2.45) is 0 Å². The van der Waals surface area contributed by atoms with Crippen molar-refractivity contribution in [3.8, 4) is 0 Å². The first-order chi connectivity index (χ1) is 5.88. The minimum absolute atomic E-state index is 0.822. The molecule has 0 atom stereocenters. The van der Waals surface area contributed by atoms with Crippen molar-refractivity contribution in [2.45, 2.75) is 0 Å². The Labute approximate surface area is 73.6 Å². The molecular formula is C8H17N3O. The highest BCUT2D eigenvalue weighted by Crippen LogP contribution is 2.02. The van der Waals surface area contributed by atoms with Crippen molar-refractivity contribution in [1.82, 2.24) is 15.5 Å². The van der Waals surface area contributed by atoms with Gasteiger partial charge in [0.15, 0.2) is 0 Å². The second kappa shape index (κ2) is 4.87. The Morgan fingerprint density at radius 1 is 1.33 bits per heavy atom. The third-order valence-electron chi connectivity index (χ3n) is 1.89. The number of hydrogen-bond acceptors (Lipinski definition) is 4. The van der Waals surface area contributed by atoms with E-state index in [1.54, 1.807) is 0 Å². The summed E-state index contributed by atoms with van der Waals surface area (Å²) in [7, 11) is 3.83. The van der Waals surface area contributed by atoms with E-state index in [-0.39, 0.29) is 0 Å². The topological polar surface area (TPSA) is 36.5 Å². The van der Waals surface area contributed by atoms with Crippen molar-refractivity contribution in [1.29, 1.82) is 0 Å². The van der Waals surface area contributed by atoms with Crippen LogP contribution in [-0.4, -0.2) is 45.3 Å². The molecule has 12 heavy (non-hydrogen) atoms. The van der Waals surface area contributed by atoms with E-state index >= 15 is 0 Å². The molecule has 1 aliphatic rings. The summed E-state index contributed by atoms with van der Waals surface area (Å²) >= 11 is 0. The molecule has 0 aliphatic carbocycles. The molecule has 2 N–H and O–H groups in total. The summed E-state index contributed by atoms with van der Waals surface area (Å²) in [6.45, 7) is 3.58. The average Bonchev–Trinajstić information content (AvgIpc) is 2.15. The zero-order valence-corrected chi connectivity index (χ0v) is 7.76. The molecule has 0 radical (unpaired) electrons. The van der Waals surface area contributed by atoms with Crippen LogP contribution in [0, 0.1) is 0 Å². The number of hydrogen-bond donors (Lipinski definition) is 2. The first-order valence-electron chi connectivity index (χ1n) is 4.26. The Kier molecular flexibility index (Phi) is 3.73. The number of nitrogens with zero attached hydrogens (tertiary/aromatic N) is 1. The van der Waals surface area contributed by atoms with Crippen LogP contribution in [-0.2, 0) is 4.74 Å². The molecule has 4 nitrogen and oxygen atoms in total. The number of morpholine rings is 1. The van der Waals surface area contributed by atoms with Crippen LogP contribution in [0.4, 0.5) is 0 Å². The zero-order chi connectivity index (χ0) is 8.81. The van der Waals surface area contributed by atoms with E-state index in [4.69, 9.17) is 4.74 Å². The molecular weight excluding hydrogens is 154 g/mol. The molecule has 1 aliphatic heterocycles. The van der Waals surface area contributed by atoms with Gasteiger partial charge in [0.2, 0.25) is 0 Å². The molecule has 4 heteroatoms. The van der Waals surface area contributed by atoms with Gasteiger partial charge in [-0.05, 0) is 0 Å². The highest BCUT2D eigenvalue weighted by Gasteiger charge is 2.11. The van der Waals surface area contributed by atoms with Crippen LogP contribution < -0.4 is 10.6 Å². The van der Waals surface area contributed by atoms with E-state index in [0.29, 0.717) is 0 Å². The van der Waals surface area contributed by atoms with E-state index in [1.165, 1.54) is 0 Å². The Morgan fingerprint density at radius 2 is 2.00 bits per heavy atom. The summed E-state index contributed by atoms with van der Waals surface area (Å²) in [6, 6.07) is 0. The van der Waals surface area contributed by atoms with Crippen molar-refractivity contribution >= 4 is 0 Å². The van der Waals surface area contributed by atoms with Crippen molar-refractivity contribution < 1.29 is 4.74 Å². The minimum Gasteiger partial charge on any atom is -0.391 e. The van der Waals surface area contributed by atoms with Gasteiger partial charge in [0.05, 0.1) is 13.2 Å². The molecule has 1 rings (SSSR count). The number of nitrogens with one attached hydrogen (secondary N) is 2. The largest absolute Gasteiger partial charge is 0.391 e. The maximum Gasteiger partial charge on any atom is 0.117 e. The highest BCUT2D eigenvalue weighted by molar-refractivity contribution is 4.97. The quantitative estimate of drug-likeness (QED) is 0.603. The van der Waals surface area contributed by atoms with Gasteiger partial charge in [0.1, 0.15) is 5.82 Å². The summed E-state index contributed by atoms with van der Waals surface area (Å²) in [6.07, 6.45) is 1.96. The van der Waals surface area contributed by atoms with E-state index in [9.17, 15) is 0 Å². The minimum atomic E-state index is 0.822. The fraction of sp³-hybridized carbons (Fsp3) is 0.750. The maximum absolute atomic E-state index is 5.26. The van der Waals surface area contributed by atoms with Gasteiger partial charge in [0.25, 0.3) is 0 Å². The van der Waals surface area contributed by atoms with Crippen LogP contribution in [0.1, 0.15) is 0 Å². The van der Waals surface area contributed by atoms with Crippen molar-refractivity contribution in [2.75, 3.05) is 40.4 Å².